The number of benzene rings is 1. The van der Waals surface area contributed by atoms with Crippen LogP contribution in [0.1, 0.15) is 64.9 Å². The second-order valence-electron chi connectivity index (χ2n) is 8.09. The van der Waals surface area contributed by atoms with Crippen molar-refractivity contribution in [3.05, 3.63) is 41.5 Å². The molecular formula is C21H34IN5O3. The van der Waals surface area contributed by atoms with Crippen molar-refractivity contribution in [3.8, 4) is 5.75 Å². The fourth-order valence-electron chi connectivity index (χ4n) is 2.47. The van der Waals surface area contributed by atoms with E-state index < -0.39 is 6.10 Å². The highest BCUT2D eigenvalue weighted by Gasteiger charge is 2.21. The number of ether oxygens (including phenoxy) is 1. The highest BCUT2D eigenvalue weighted by molar-refractivity contribution is 14.0. The molecule has 0 aliphatic rings. The number of nitrogens with zero attached hydrogens (tertiary/aromatic N) is 3. The van der Waals surface area contributed by atoms with Crippen LogP contribution in [0, 0.1) is 0 Å². The maximum atomic E-state index is 10.5. The van der Waals surface area contributed by atoms with Crippen LogP contribution in [0.2, 0.25) is 0 Å². The molecule has 2 aromatic rings. The van der Waals surface area contributed by atoms with Crippen LogP contribution in [0.4, 0.5) is 0 Å². The third-order valence-electron chi connectivity index (χ3n) is 3.93. The van der Waals surface area contributed by atoms with Gasteiger partial charge in [0.2, 0.25) is 5.89 Å². The van der Waals surface area contributed by atoms with E-state index in [2.05, 4.69) is 25.8 Å². The maximum absolute atomic E-state index is 10.5. The van der Waals surface area contributed by atoms with Crippen molar-refractivity contribution in [2.24, 2.45) is 4.99 Å². The molecular weight excluding hydrogens is 497 g/mol. The predicted molar refractivity (Wildman–Crippen MR) is 128 cm³/mol. The molecule has 1 aromatic heterocycles. The van der Waals surface area contributed by atoms with E-state index in [1.807, 2.05) is 65.8 Å². The fourth-order valence-corrected chi connectivity index (χ4v) is 2.47. The largest absolute Gasteiger partial charge is 0.491 e. The predicted octanol–water partition coefficient (Wildman–Crippen LogP) is 3.56. The van der Waals surface area contributed by atoms with Gasteiger partial charge in [-0.3, -0.25) is 0 Å². The average Bonchev–Trinajstić information content (AvgIpc) is 3.13. The number of halogens is 1. The van der Waals surface area contributed by atoms with Crippen molar-refractivity contribution in [2.45, 2.75) is 65.7 Å². The second-order valence-corrected chi connectivity index (χ2v) is 8.09. The first-order valence-corrected chi connectivity index (χ1v) is 9.99. The molecule has 0 saturated carbocycles. The minimum absolute atomic E-state index is 0. The van der Waals surface area contributed by atoms with Gasteiger partial charge in [0, 0.05) is 18.5 Å². The Bertz CT molecular complexity index is 785. The Morgan fingerprint density at radius 1 is 1.20 bits per heavy atom. The van der Waals surface area contributed by atoms with Crippen LogP contribution in [0.3, 0.4) is 0 Å². The zero-order valence-electron chi connectivity index (χ0n) is 18.6. The van der Waals surface area contributed by atoms with Gasteiger partial charge < -0.3 is 25.0 Å². The SMILES string of the molecule is CCNC(=NCc1noc(C(C)(C)C)n1)NCC(O)c1ccc(OC(C)C)cc1.I. The van der Waals surface area contributed by atoms with Crippen LogP contribution >= 0.6 is 24.0 Å². The zero-order chi connectivity index (χ0) is 21.4. The number of aromatic nitrogens is 2. The number of hydrogen-bond donors (Lipinski definition) is 3. The van der Waals surface area contributed by atoms with Crippen molar-refractivity contribution in [1.29, 1.82) is 0 Å². The highest BCUT2D eigenvalue weighted by atomic mass is 127. The highest BCUT2D eigenvalue weighted by Crippen LogP contribution is 2.20. The number of aliphatic imine (C=N–C) groups is 1. The summed E-state index contributed by atoms with van der Waals surface area (Å²) in [6.07, 6.45) is -0.561. The van der Waals surface area contributed by atoms with Gasteiger partial charge in [-0.25, -0.2) is 4.99 Å². The van der Waals surface area contributed by atoms with E-state index in [9.17, 15) is 5.11 Å². The summed E-state index contributed by atoms with van der Waals surface area (Å²) in [7, 11) is 0. The quantitative estimate of drug-likeness (QED) is 0.272. The Morgan fingerprint density at radius 2 is 1.87 bits per heavy atom. The standard InChI is InChI=1S/C21H33N5O3.HI/c1-7-22-20(24-13-18-25-19(29-26-18)21(4,5)6)23-12-17(27)15-8-10-16(11-9-15)28-14(2)3;/h8-11,14,17,27H,7,12-13H2,1-6H3,(H2,22,23,24);1H. The van der Waals surface area contributed by atoms with Crippen molar-refractivity contribution in [3.63, 3.8) is 0 Å². The first-order valence-electron chi connectivity index (χ1n) is 9.99. The monoisotopic (exact) mass is 531 g/mol. The minimum Gasteiger partial charge on any atom is -0.491 e. The van der Waals surface area contributed by atoms with Crippen molar-refractivity contribution in [2.75, 3.05) is 13.1 Å². The van der Waals surface area contributed by atoms with E-state index >= 15 is 0 Å². The van der Waals surface area contributed by atoms with Gasteiger partial charge in [-0.2, -0.15) is 4.98 Å². The molecule has 0 fully saturated rings. The molecule has 1 heterocycles. The lowest BCUT2D eigenvalue weighted by molar-refractivity contribution is 0.180. The summed E-state index contributed by atoms with van der Waals surface area (Å²) in [5.74, 6) is 2.47. The van der Waals surface area contributed by atoms with Gasteiger partial charge in [-0.15, -0.1) is 24.0 Å². The first-order chi connectivity index (χ1) is 13.7. The number of rotatable bonds is 8. The third-order valence-corrected chi connectivity index (χ3v) is 3.93. The number of guanidine groups is 1. The molecule has 1 atom stereocenters. The van der Waals surface area contributed by atoms with Crippen LogP contribution in [-0.2, 0) is 12.0 Å². The van der Waals surface area contributed by atoms with E-state index in [1.54, 1.807) is 0 Å². The van der Waals surface area contributed by atoms with E-state index in [1.165, 1.54) is 0 Å². The summed E-state index contributed by atoms with van der Waals surface area (Å²) >= 11 is 0. The summed E-state index contributed by atoms with van der Waals surface area (Å²) in [5.41, 5.74) is 0.606. The van der Waals surface area contributed by atoms with Gasteiger partial charge in [0.05, 0.1) is 12.2 Å². The van der Waals surface area contributed by atoms with E-state index in [0.29, 0.717) is 30.8 Å². The van der Waals surface area contributed by atoms with Crippen molar-refractivity contribution < 1.29 is 14.4 Å². The first kappa shape index (κ1) is 26.2. The number of aliphatic hydroxyl groups is 1. The third kappa shape index (κ3) is 8.47. The number of hydrogen-bond acceptors (Lipinski definition) is 6. The molecule has 30 heavy (non-hydrogen) atoms. The Balaban J connectivity index is 0.00000450. The molecule has 0 bridgehead atoms. The Kier molecular flexibility index (Phi) is 10.5. The Labute approximate surface area is 195 Å². The molecule has 2 rings (SSSR count). The van der Waals surface area contributed by atoms with Gasteiger partial charge in [-0.1, -0.05) is 38.1 Å². The molecule has 0 radical (unpaired) electrons. The van der Waals surface area contributed by atoms with Crippen molar-refractivity contribution >= 4 is 29.9 Å². The van der Waals surface area contributed by atoms with Gasteiger partial charge in [-0.05, 0) is 38.5 Å². The molecule has 168 valence electrons. The molecule has 1 unspecified atom stereocenters. The summed E-state index contributed by atoms with van der Waals surface area (Å²) in [5, 5.41) is 20.7. The minimum atomic E-state index is -0.676. The molecule has 0 spiro atoms. The van der Waals surface area contributed by atoms with E-state index in [-0.39, 0.29) is 42.0 Å². The fraction of sp³-hybridized carbons (Fsp3) is 0.571. The molecule has 0 saturated heterocycles. The zero-order valence-corrected chi connectivity index (χ0v) is 20.9. The smallest absolute Gasteiger partial charge is 0.232 e. The second kappa shape index (κ2) is 12.1. The van der Waals surface area contributed by atoms with Crippen LogP contribution < -0.4 is 15.4 Å². The van der Waals surface area contributed by atoms with Crippen LogP contribution in [0.25, 0.3) is 0 Å². The van der Waals surface area contributed by atoms with Crippen LogP contribution in [0.5, 0.6) is 5.75 Å². The average molecular weight is 531 g/mol. The lowest BCUT2D eigenvalue weighted by Gasteiger charge is -2.16. The number of nitrogens with one attached hydrogen (secondary N) is 2. The van der Waals surface area contributed by atoms with Crippen LogP contribution in [0.15, 0.2) is 33.8 Å². The summed E-state index contributed by atoms with van der Waals surface area (Å²) < 4.78 is 10.9. The Morgan fingerprint density at radius 3 is 2.40 bits per heavy atom. The summed E-state index contributed by atoms with van der Waals surface area (Å²) in [6, 6.07) is 7.45. The van der Waals surface area contributed by atoms with Gasteiger partial charge in [0.25, 0.3) is 0 Å². The summed E-state index contributed by atoms with van der Waals surface area (Å²) in [4.78, 5) is 8.85. The molecule has 8 nitrogen and oxygen atoms in total. The molecule has 3 N–H and O–H groups in total. The van der Waals surface area contributed by atoms with Gasteiger partial charge >= 0.3 is 0 Å². The van der Waals surface area contributed by atoms with Gasteiger partial charge in [0.1, 0.15) is 12.3 Å². The number of aliphatic hydroxyl groups excluding tert-OH is 1. The van der Waals surface area contributed by atoms with Crippen LogP contribution in [-0.4, -0.2) is 40.4 Å². The van der Waals surface area contributed by atoms with Crippen molar-refractivity contribution in [1.82, 2.24) is 20.8 Å². The molecule has 0 amide bonds. The summed E-state index contributed by atoms with van der Waals surface area (Å²) in [6.45, 7) is 13.3. The maximum Gasteiger partial charge on any atom is 0.232 e. The molecule has 9 heteroatoms. The molecule has 1 aromatic carbocycles. The van der Waals surface area contributed by atoms with Gasteiger partial charge in [0.15, 0.2) is 11.8 Å². The molecule has 0 aliphatic heterocycles. The van der Waals surface area contributed by atoms with E-state index in [4.69, 9.17) is 9.26 Å². The lowest BCUT2D eigenvalue weighted by atomic mass is 9.97. The normalized spacial score (nSPS) is 13.0. The topological polar surface area (TPSA) is 105 Å². The lowest BCUT2D eigenvalue weighted by Crippen LogP contribution is -2.39. The molecule has 0 aliphatic carbocycles. The van der Waals surface area contributed by atoms with E-state index in [0.717, 1.165) is 11.3 Å². The Hall–Kier alpha value is -1.88.